The molecule has 0 saturated carbocycles. The molecule has 0 bridgehead atoms. The summed E-state index contributed by atoms with van der Waals surface area (Å²) in [6.07, 6.45) is 4.74. The first-order valence-corrected chi connectivity index (χ1v) is 14.0. The molecule has 1 amide bonds. The van der Waals surface area contributed by atoms with Crippen molar-refractivity contribution in [3.63, 3.8) is 0 Å². The second-order valence-corrected chi connectivity index (χ2v) is 11.4. The molecule has 5 rings (SSSR count). The van der Waals surface area contributed by atoms with Crippen LogP contribution in [0.2, 0.25) is 0 Å². The number of amides is 1. The molecule has 3 heterocycles. The average Bonchev–Trinajstić information content (AvgIpc) is 3.36. The van der Waals surface area contributed by atoms with Crippen LogP contribution in [0.1, 0.15) is 46.1 Å². The zero-order chi connectivity index (χ0) is 28.3. The zero-order valence-corrected chi connectivity index (χ0v) is 23.7. The molecule has 0 radical (unpaired) electrons. The Hall–Kier alpha value is -4.07. The van der Waals surface area contributed by atoms with Crippen molar-refractivity contribution in [1.29, 1.82) is 0 Å². The molecule has 0 unspecified atom stereocenters. The molecule has 8 heteroatoms. The highest BCUT2D eigenvalue weighted by atomic mass is 19.1. The Morgan fingerprint density at radius 1 is 1.10 bits per heavy atom. The van der Waals surface area contributed by atoms with Gasteiger partial charge in [0.05, 0.1) is 17.4 Å². The Morgan fingerprint density at radius 2 is 1.85 bits per heavy atom. The lowest BCUT2D eigenvalue weighted by molar-refractivity contribution is 0.183. The minimum absolute atomic E-state index is 0.0237. The van der Waals surface area contributed by atoms with Crippen molar-refractivity contribution < 1.29 is 13.9 Å². The molecule has 7 nitrogen and oxygen atoms in total. The van der Waals surface area contributed by atoms with E-state index in [-0.39, 0.29) is 23.4 Å². The summed E-state index contributed by atoms with van der Waals surface area (Å²) in [6, 6.07) is 19.6. The number of halogens is 1. The summed E-state index contributed by atoms with van der Waals surface area (Å²) in [5.41, 5.74) is 2.44. The van der Waals surface area contributed by atoms with Crippen LogP contribution in [0.15, 0.2) is 73.1 Å². The van der Waals surface area contributed by atoms with Crippen LogP contribution < -0.4 is 15.0 Å². The summed E-state index contributed by atoms with van der Waals surface area (Å²) in [4.78, 5) is 22.1. The normalized spacial score (nSPS) is 14.4. The summed E-state index contributed by atoms with van der Waals surface area (Å²) in [7, 11) is 0. The van der Waals surface area contributed by atoms with E-state index >= 15 is 0 Å². The third-order valence-corrected chi connectivity index (χ3v) is 7.25. The molecule has 4 aromatic rings. The minimum atomic E-state index is -0.360. The smallest absolute Gasteiger partial charge is 0.328 e. The molecular formula is C32H38FN5O2. The van der Waals surface area contributed by atoms with Gasteiger partial charge in [0.15, 0.2) is 5.82 Å². The fourth-order valence-electron chi connectivity index (χ4n) is 5.38. The van der Waals surface area contributed by atoms with Gasteiger partial charge in [0.25, 0.3) is 0 Å². The van der Waals surface area contributed by atoms with Gasteiger partial charge in [0.2, 0.25) is 0 Å². The standard InChI is InChI=1S/C32H38FN5O2/c1-5-37(30-28(35-32(2,3)4)20-25(33)21-34-30)26-14-16-36(17-15-26)31(39)38-18-13-24-19-27(11-12-29(24)38)40-22-23-9-7-6-8-10-23/h6-13,18-21,26,35H,5,14-17,22H2,1-4H3. The highest BCUT2D eigenvalue weighted by molar-refractivity contribution is 5.92. The van der Waals surface area contributed by atoms with Gasteiger partial charge in [-0.05, 0) is 70.4 Å². The number of fused-ring (bicyclic) bond motifs is 1. The van der Waals surface area contributed by atoms with Crippen LogP contribution in [0.3, 0.4) is 0 Å². The highest BCUT2D eigenvalue weighted by Crippen LogP contribution is 2.31. The first-order chi connectivity index (χ1) is 19.2. The second kappa shape index (κ2) is 11.6. The van der Waals surface area contributed by atoms with Crippen molar-refractivity contribution in [2.75, 3.05) is 29.9 Å². The minimum Gasteiger partial charge on any atom is -0.489 e. The van der Waals surface area contributed by atoms with E-state index in [0.29, 0.717) is 25.4 Å². The van der Waals surface area contributed by atoms with Gasteiger partial charge in [0.1, 0.15) is 18.2 Å². The van der Waals surface area contributed by atoms with Crippen molar-refractivity contribution in [3.05, 3.63) is 84.4 Å². The van der Waals surface area contributed by atoms with Crippen LogP contribution in [0.4, 0.5) is 20.7 Å². The van der Waals surface area contributed by atoms with E-state index < -0.39 is 0 Å². The Kier molecular flexibility index (Phi) is 7.96. The van der Waals surface area contributed by atoms with Gasteiger partial charge in [-0.15, -0.1) is 0 Å². The topological polar surface area (TPSA) is 62.6 Å². The van der Waals surface area contributed by atoms with E-state index in [1.165, 1.54) is 12.3 Å². The molecule has 0 aliphatic carbocycles. The molecule has 1 aliphatic heterocycles. The highest BCUT2D eigenvalue weighted by Gasteiger charge is 2.30. The van der Waals surface area contributed by atoms with Crippen LogP contribution in [0, 0.1) is 5.82 Å². The number of piperidine rings is 1. The number of benzene rings is 2. The molecular weight excluding hydrogens is 505 g/mol. The van der Waals surface area contributed by atoms with E-state index in [1.54, 1.807) is 4.57 Å². The van der Waals surface area contributed by atoms with E-state index in [0.717, 1.165) is 47.4 Å². The quantitative estimate of drug-likeness (QED) is 0.274. The SMILES string of the molecule is CCN(c1ncc(F)cc1NC(C)(C)C)C1CCN(C(=O)n2ccc3cc(OCc4ccccc4)ccc32)CC1. The number of aromatic nitrogens is 2. The summed E-state index contributed by atoms with van der Waals surface area (Å²) >= 11 is 0. The molecule has 0 spiro atoms. The fourth-order valence-corrected chi connectivity index (χ4v) is 5.38. The van der Waals surface area contributed by atoms with Crippen molar-refractivity contribution >= 4 is 28.4 Å². The van der Waals surface area contributed by atoms with Crippen LogP contribution >= 0.6 is 0 Å². The number of hydrogen-bond acceptors (Lipinski definition) is 5. The monoisotopic (exact) mass is 543 g/mol. The number of hydrogen-bond donors (Lipinski definition) is 1. The van der Waals surface area contributed by atoms with Gasteiger partial charge in [-0.1, -0.05) is 30.3 Å². The molecule has 0 atom stereocenters. The Morgan fingerprint density at radius 3 is 2.55 bits per heavy atom. The van der Waals surface area contributed by atoms with Crippen molar-refractivity contribution in [1.82, 2.24) is 14.5 Å². The summed E-state index contributed by atoms with van der Waals surface area (Å²) in [5, 5.41) is 4.37. The van der Waals surface area contributed by atoms with E-state index in [9.17, 15) is 9.18 Å². The predicted octanol–water partition coefficient (Wildman–Crippen LogP) is 6.92. The number of nitrogens with zero attached hydrogens (tertiary/aromatic N) is 4. The lowest BCUT2D eigenvalue weighted by atomic mass is 10.0. The third kappa shape index (κ3) is 6.22. The summed E-state index contributed by atoms with van der Waals surface area (Å²) in [5.74, 6) is 1.17. The summed E-state index contributed by atoms with van der Waals surface area (Å²) in [6.45, 7) is 10.8. The van der Waals surface area contributed by atoms with Crippen LogP contribution in [-0.4, -0.2) is 51.7 Å². The van der Waals surface area contributed by atoms with Crippen molar-refractivity contribution in [3.8, 4) is 5.75 Å². The zero-order valence-electron chi connectivity index (χ0n) is 23.7. The van der Waals surface area contributed by atoms with Gasteiger partial charge in [-0.3, -0.25) is 4.57 Å². The molecule has 2 aromatic carbocycles. The lowest BCUT2D eigenvalue weighted by Gasteiger charge is -2.39. The number of nitrogens with one attached hydrogen (secondary N) is 1. The van der Waals surface area contributed by atoms with Gasteiger partial charge in [-0.25, -0.2) is 14.2 Å². The molecule has 1 aliphatic rings. The van der Waals surface area contributed by atoms with Crippen LogP contribution in [0.5, 0.6) is 5.75 Å². The number of pyridine rings is 1. The predicted molar refractivity (Wildman–Crippen MR) is 159 cm³/mol. The number of rotatable bonds is 7. The Bertz CT molecular complexity index is 1460. The van der Waals surface area contributed by atoms with Crippen LogP contribution in [-0.2, 0) is 6.61 Å². The fraction of sp³-hybridized carbons (Fsp3) is 0.375. The maximum absolute atomic E-state index is 14.1. The van der Waals surface area contributed by atoms with Gasteiger partial charge in [-0.2, -0.15) is 0 Å². The Balaban J connectivity index is 1.25. The number of carbonyl (C=O) groups excluding carboxylic acids is 1. The van der Waals surface area contributed by atoms with Gasteiger partial charge < -0.3 is 19.9 Å². The molecule has 1 N–H and O–H groups in total. The van der Waals surface area contributed by atoms with E-state index in [1.807, 2.05) is 86.5 Å². The van der Waals surface area contributed by atoms with E-state index in [4.69, 9.17) is 4.74 Å². The number of ether oxygens (including phenoxy) is 1. The molecule has 210 valence electrons. The number of likely N-dealkylation sites (tertiary alicyclic amines) is 1. The maximum atomic E-state index is 14.1. The first-order valence-electron chi connectivity index (χ1n) is 14.0. The summed E-state index contributed by atoms with van der Waals surface area (Å²) < 4.78 is 21.8. The molecule has 1 saturated heterocycles. The maximum Gasteiger partial charge on any atom is 0.328 e. The molecule has 1 fully saturated rings. The largest absolute Gasteiger partial charge is 0.489 e. The average molecular weight is 544 g/mol. The van der Waals surface area contributed by atoms with E-state index in [2.05, 4.69) is 22.1 Å². The van der Waals surface area contributed by atoms with Gasteiger partial charge >= 0.3 is 6.03 Å². The first kappa shape index (κ1) is 27.5. The number of anilines is 2. The molecule has 40 heavy (non-hydrogen) atoms. The van der Waals surface area contributed by atoms with Crippen LogP contribution in [0.25, 0.3) is 10.9 Å². The lowest BCUT2D eigenvalue weighted by Crippen LogP contribution is -2.48. The van der Waals surface area contributed by atoms with Crippen molar-refractivity contribution in [2.24, 2.45) is 0 Å². The number of carbonyl (C=O) groups is 1. The van der Waals surface area contributed by atoms with Gasteiger partial charge in [0, 0.05) is 48.9 Å². The molecule has 2 aromatic heterocycles. The second-order valence-electron chi connectivity index (χ2n) is 11.4. The Labute approximate surface area is 235 Å². The third-order valence-electron chi connectivity index (χ3n) is 7.25. The van der Waals surface area contributed by atoms with Crippen molar-refractivity contribution in [2.45, 2.75) is 58.7 Å².